The number of ether oxygens (including phenoxy) is 1. The summed E-state index contributed by atoms with van der Waals surface area (Å²) in [5.41, 5.74) is 1.88. The van der Waals surface area contributed by atoms with Crippen molar-refractivity contribution in [3.8, 4) is 0 Å². The molecule has 2 unspecified atom stereocenters. The quantitative estimate of drug-likeness (QED) is 0.282. The third-order valence-electron chi connectivity index (χ3n) is 4.90. The number of rotatable bonds is 10. The van der Waals surface area contributed by atoms with Crippen molar-refractivity contribution in [1.82, 2.24) is 0 Å². The first kappa shape index (κ1) is 21.6. The Hall–Kier alpha value is -2.68. The van der Waals surface area contributed by atoms with Crippen LogP contribution in [0.15, 0.2) is 66.7 Å². The molecule has 0 aliphatic carbocycles. The molecule has 3 nitrogen and oxygen atoms in total. The number of hydrogen-bond acceptors (Lipinski definition) is 3. The summed E-state index contributed by atoms with van der Waals surface area (Å²) in [5, 5.41) is 0. The average Bonchev–Trinajstić information content (AvgIpc) is 2.70. The summed E-state index contributed by atoms with van der Waals surface area (Å²) in [6.45, 7) is 5.22. The van der Waals surface area contributed by atoms with E-state index in [-0.39, 0.29) is 23.6 Å². The van der Waals surface area contributed by atoms with Crippen molar-refractivity contribution in [3.63, 3.8) is 0 Å². The summed E-state index contributed by atoms with van der Waals surface area (Å²) < 4.78 is 5.55. The van der Waals surface area contributed by atoms with Gasteiger partial charge in [0.15, 0.2) is 0 Å². The lowest BCUT2D eigenvalue weighted by atomic mass is 9.79. The number of ketones is 1. The molecule has 0 saturated heterocycles. The van der Waals surface area contributed by atoms with Gasteiger partial charge in [-0.15, -0.1) is 0 Å². The number of esters is 1. The summed E-state index contributed by atoms with van der Waals surface area (Å²) in [5.74, 6) is 0.000688. The van der Waals surface area contributed by atoms with Gasteiger partial charge in [-0.2, -0.15) is 0 Å². The van der Waals surface area contributed by atoms with E-state index in [1.54, 1.807) is 6.92 Å². The van der Waals surface area contributed by atoms with Gasteiger partial charge in [0, 0.05) is 24.3 Å². The molecule has 0 bridgehead atoms. The fourth-order valence-corrected chi connectivity index (χ4v) is 3.48. The van der Waals surface area contributed by atoms with Crippen molar-refractivity contribution < 1.29 is 14.3 Å². The van der Waals surface area contributed by atoms with Gasteiger partial charge in [0.25, 0.3) is 0 Å². The highest BCUT2D eigenvalue weighted by molar-refractivity contribution is 5.81. The van der Waals surface area contributed by atoms with Crippen molar-refractivity contribution in [2.24, 2.45) is 5.92 Å². The molecular weight excluding hydrogens is 348 g/mol. The van der Waals surface area contributed by atoms with Crippen LogP contribution in [0.3, 0.4) is 0 Å². The van der Waals surface area contributed by atoms with Crippen molar-refractivity contribution in [2.75, 3.05) is 0 Å². The third-order valence-corrected chi connectivity index (χ3v) is 4.90. The lowest BCUT2D eigenvalue weighted by Crippen LogP contribution is -2.20. The highest BCUT2D eigenvalue weighted by atomic mass is 16.5. The number of carbonyl (C=O) groups is 2. The SMILES string of the molecule is CCCCCC(C(C)=O)C(/C=C(\OC(C)=O)c1ccccc1)c1ccccc1. The highest BCUT2D eigenvalue weighted by Crippen LogP contribution is 2.34. The fourth-order valence-electron chi connectivity index (χ4n) is 3.48. The lowest BCUT2D eigenvalue weighted by Gasteiger charge is -2.24. The molecule has 2 aromatic carbocycles. The molecule has 0 aliphatic rings. The molecule has 28 heavy (non-hydrogen) atoms. The van der Waals surface area contributed by atoms with Crippen LogP contribution in [0.2, 0.25) is 0 Å². The second kappa shape index (κ2) is 11.2. The van der Waals surface area contributed by atoms with E-state index in [4.69, 9.17) is 4.74 Å². The van der Waals surface area contributed by atoms with Crippen LogP contribution < -0.4 is 0 Å². The summed E-state index contributed by atoms with van der Waals surface area (Å²) in [6.07, 6.45) is 5.99. The van der Waals surface area contributed by atoms with Gasteiger partial charge in [0.05, 0.1) is 0 Å². The van der Waals surface area contributed by atoms with E-state index < -0.39 is 0 Å². The van der Waals surface area contributed by atoms with Crippen LogP contribution in [-0.2, 0) is 14.3 Å². The fraction of sp³-hybridized carbons (Fsp3) is 0.360. The maximum absolute atomic E-state index is 12.6. The molecule has 2 atom stereocenters. The van der Waals surface area contributed by atoms with Crippen LogP contribution in [0.5, 0.6) is 0 Å². The standard InChI is InChI=1S/C25H30O3/c1-4-5-8-17-23(19(2)26)24(21-13-9-6-10-14-21)18-25(28-20(3)27)22-15-11-7-12-16-22/h6-7,9-16,18,23-24H,4-5,8,17H2,1-3H3/b25-18-. The smallest absolute Gasteiger partial charge is 0.308 e. The minimum absolute atomic E-state index is 0.148. The van der Waals surface area contributed by atoms with E-state index in [2.05, 4.69) is 6.92 Å². The van der Waals surface area contributed by atoms with Crippen LogP contribution in [0, 0.1) is 5.92 Å². The Balaban J connectivity index is 2.50. The zero-order chi connectivity index (χ0) is 20.4. The molecule has 2 rings (SSSR count). The van der Waals surface area contributed by atoms with E-state index in [1.165, 1.54) is 6.92 Å². The molecule has 3 heteroatoms. The maximum Gasteiger partial charge on any atom is 0.308 e. The molecular formula is C25H30O3. The Morgan fingerprint density at radius 1 is 0.929 bits per heavy atom. The second-order valence-corrected chi connectivity index (χ2v) is 7.14. The Kier molecular flexibility index (Phi) is 8.67. The van der Waals surface area contributed by atoms with Gasteiger partial charge < -0.3 is 4.74 Å². The van der Waals surface area contributed by atoms with Gasteiger partial charge in [0.2, 0.25) is 0 Å². The molecule has 0 aromatic heterocycles. The maximum atomic E-state index is 12.6. The summed E-state index contributed by atoms with van der Waals surface area (Å²) in [6, 6.07) is 19.6. The van der Waals surface area contributed by atoms with Crippen molar-refractivity contribution in [1.29, 1.82) is 0 Å². The van der Waals surface area contributed by atoms with Gasteiger partial charge in [-0.1, -0.05) is 86.8 Å². The summed E-state index contributed by atoms with van der Waals surface area (Å²) in [4.78, 5) is 24.3. The van der Waals surface area contributed by atoms with E-state index >= 15 is 0 Å². The van der Waals surface area contributed by atoms with Gasteiger partial charge >= 0.3 is 5.97 Å². The number of allylic oxidation sites excluding steroid dienone is 1. The van der Waals surface area contributed by atoms with Crippen molar-refractivity contribution >= 4 is 17.5 Å². The Morgan fingerprint density at radius 2 is 1.54 bits per heavy atom. The first-order chi connectivity index (χ1) is 13.5. The molecule has 0 radical (unpaired) electrons. The molecule has 0 spiro atoms. The topological polar surface area (TPSA) is 43.4 Å². The number of unbranched alkanes of at least 4 members (excludes halogenated alkanes) is 2. The first-order valence-corrected chi connectivity index (χ1v) is 10.0. The molecule has 0 saturated carbocycles. The molecule has 0 heterocycles. The largest absolute Gasteiger partial charge is 0.426 e. The molecule has 0 aliphatic heterocycles. The van der Waals surface area contributed by atoms with Crippen molar-refractivity contribution in [3.05, 3.63) is 77.9 Å². The van der Waals surface area contributed by atoms with Gasteiger partial charge in [-0.25, -0.2) is 0 Å². The highest BCUT2D eigenvalue weighted by Gasteiger charge is 2.26. The van der Waals surface area contributed by atoms with Crippen molar-refractivity contribution in [2.45, 2.75) is 52.4 Å². The minimum Gasteiger partial charge on any atom is -0.426 e. The zero-order valence-corrected chi connectivity index (χ0v) is 17.1. The number of carbonyl (C=O) groups excluding carboxylic acids is 2. The molecule has 0 N–H and O–H groups in total. The monoisotopic (exact) mass is 378 g/mol. The number of Topliss-reactive ketones (excluding diaryl/α,β-unsaturated/α-hetero) is 1. The lowest BCUT2D eigenvalue weighted by molar-refractivity contribution is -0.134. The predicted molar refractivity (Wildman–Crippen MR) is 114 cm³/mol. The van der Waals surface area contributed by atoms with E-state index in [1.807, 2.05) is 66.7 Å². The summed E-state index contributed by atoms with van der Waals surface area (Å²) in [7, 11) is 0. The van der Waals surface area contributed by atoms with Crippen LogP contribution >= 0.6 is 0 Å². The molecule has 148 valence electrons. The second-order valence-electron chi connectivity index (χ2n) is 7.14. The summed E-state index contributed by atoms with van der Waals surface area (Å²) >= 11 is 0. The Labute approximate surface area is 168 Å². The van der Waals surface area contributed by atoms with Crippen LogP contribution in [0.1, 0.15) is 63.5 Å². The molecule has 0 fully saturated rings. The number of benzene rings is 2. The van der Waals surface area contributed by atoms with Crippen LogP contribution in [0.25, 0.3) is 5.76 Å². The predicted octanol–water partition coefficient (Wildman–Crippen LogP) is 6.16. The zero-order valence-electron chi connectivity index (χ0n) is 17.1. The Bertz CT molecular complexity index is 778. The van der Waals surface area contributed by atoms with Gasteiger partial charge in [0.1, 0.15) is 11.5 Å². The molecule has 0 amide bonds. The van der Waals surface area contributed by atoms with Crippen LogP contribution in [-0.4, -0.2) is 11.8 Å². The van der Waals surface area contributed by atoms with E-state index in [9.17, 15) is 9.59 Å². The van der Waals surface area contributed by atoms with Crippen LogP contribution in [0.4, 0.5) is 0 Å². The average molecular weight is 379 g/mol. The van der Waals surface area contributed by atoms with Gasteiger partial charge in [-0.05, 0) is 25.0 Å². The molecule has 2 aromatic rings. The first-order valence-electron chi connectivity index (χ1n) is 10.0. The van der Waals surface area contributed by atoms with E-state index in [0.29, 0.717) is 5.76 Å². The Morgan fingerprint density at radius 3 is 2.07 bits per heavy atom. The van der Waals surface area contributed by atoms with Gasteiger partial charge in [-0.3, -0.25) is 9.59 Å². The third kappa shape index (κ3) is 6.49. The minimum atomic E-state index is -0.368. The normalized spacial score (nSPS) is 13.6. The van der Waals surface area contributed by atoms with E-state index in [0.717, 1.165) is 36.8 Å². The number of hydrogen-bond donors (Lipinski definition) is 0.